The van der Waals surface area contributed by atoms with Gasteiger partial charge in [0, 0.05) is 29.7 Å². The zero-order valence-corrected chi connectivity index (χ0v) is 13.6. The molecule has 0 saturated heterocycles. The second kappa shape index (κ2) is 6.70. The normalized spacial score (nSPS) is 14.0. The van der Waals surface area contributed by atoms with E-state index in [4.69, 9.17) is 15.6 Å². The number of nitrogen functional groups attached to an aromatic ring is 1. The quantitative estimate of drug-likeness (QED) is 0.718. The molecule has 8 heteroatoms. The van der Waals surface area contributed by atoms with Crippen LogP contribution in [0.25, 0.3) is 16.9 Å². The van der Waals surface area contributed by atoms with Gasteiger partial charge in [-0.15, -0.1) is 0 Å². The number of aromatic nitrogens is 2. The zero-order valence-electron chi connectivity index (χ0n) is 13.6. The number of alkyl halides is 3. The number of carboxylic acids is 1. The highest BCUT2D eigenvalue weighted by molar-refractivity contribution is 5.73. The van der Waals surface area contributed by atoms with Gasteiger partial charge in [0.15, 0.2) is 0 Å². The SMILES string of the molecule is Nc1cc2nc(-c3ccccc3)cn2cc1C1CC1.O=C(O)C(F)(F)F. The van der Waals surface area contributed by atoms with E-state index in [-0.39, 0.29) is 0 Å². The molecule has 5 nitrogen and oxygen atoms in total. The number of carbonyl (C=O) groups is 1. The molecule has 0 atom stereocenters. The summed E-state index contributed by atoms with van der Waals surface area (Å²) in [6.07, 6.45) is 1.66. The van der Waals surface area contributed by atoms with Gasteiger partial charge < -0.3 is 15.2 Å². The van der Waals surface area contributed by atoms with Crippen LogP contribution in [0.5, 0.6) is 0 Å². The van der Waals surface area contributed by atoms with Crippen molar-refractivity contribution in [2.45, 2.75) is 24.9 Å². The van der Waals surface area contributed by atoms with Crippen molar-refractivity contribution in [3.63, 3.8) is 0 Å². The minimum absolute atomic E-state index is 0.659. The maximum Gasteiger partial charge on any atom is 0.490 e. The summed E-state index contributed by atoms with van der Waals surface area (Å²) in [5, 5.41) is 7.12. The van der Waals surface area contributed by atoms with E-state index in [0.717, 1.165) is 22.6 Å². The molecule has 0 aliphatic heterocycles. The lowest BCUT2D eigenvalue weighted by atomic mass is 10.1. The Labute approximate surface area is 146 Å². The van der Waals surface area contributed by atoms with Crippen LogP contribution in [-0.4, -0.2) is 26.6 Å². The fourth-order valence-electron chi connectivity index (χ4n) is 2.55. The molecule has 1 aliphatic rings. The van der Waals surface area contributed by atoms with Gasteiger partial charge in [0.2, 0.25) is 0 Å². The van der Waals surface area contributed by atoms with Gasteiger partial charge in [0.05, 0.1) is 5.69 Å². The van der Waals surface area contributed by atoms with E-state index in [1.807, 2.05) is 24.3 Å². The molecule has 1 saturated carbocycles. The number of pyridine rings is 1. The Bertz CT molecular complexity index is 932. The van der Waals surface area contributed by atoms with Crippen molar-refractivity contribution >= 4 is 17.3 Å². The molecular weight excluding hydrogens is 347 g/mol. The van der Waals surface area contributed by atoms with Crippen LogP contribution < -0.4 is 5.73 Å². The first-order valence-electron chi connectivity index (χ1n) is 7.89. The Kier molecular flexibility index (Phi) is 4.58. The van der Waals surface area contributed by atoms with E-state index in [1.54, 1.807) is 0 Å². The van der Waals surface area contributed by atoms with Crippen LogP contribution >= 0.6 is 0 Å². The molecule has 1 fully saturated rings. The number of rotatable bonds is 2. The predicted octanol–water partition coefficient (Wildman–Crippen LogP) is 4.09. The summed E-state index contributed by atoms with van der Waals surface area (Å²) in [5.74, 6) is -2.10. The van der Waals surface area contributed by atoms with Gasteiger partial charge >= 0.3 is 12.1 Å². The third-order valence-electron chi connectivity index (χ3n) is 3.99. The van der Waals surface area contributed by atoms with Crippen LogP contribution in [0.1, 0.15) is 24.3 Å². The van der Waals surface area contributed by atoms with Gasteiger partial charge in [0.1, 0.15) is 5.65 Å². The molecule has 0 unspecified atom stereocenters. The summed E-state index contributed by atoms with van der Waals surface area (Å²) >= 11 is 0. The van der Waals surface area contributed by atoms with E-state index >= 15 is 0 Å². The number of hydrogen-bond acceptors (Lipinski definition) is 3. The molecule has 136 valence electrons. The number of nitrogens with zero attached hydrogens (tertiary/aromatic N) is 2. The molecule has 0 amide bonds. The van der Waals surface area contributed by atoms with Crippen LogP contribution in [0.2, 0.25) is 0 Å². The van der Waals surface area contributed by atoms with E-state index in [1.165, 1.54) is 18.4 Å². The third kappa shape index (κ3) is 3.96. The first-order valence-corrected chi connectivity index (χ1v) is 7.89. The number of aliphatic carboxylic acids is 1. The molecule has 26 heavy (non-hydrogen) atoms. The molecule has 0 spiro atoms. The van der Waals surface area contributed by atoms with Crippen LogP contribution in [-0.2, 0) is 4.79 Å². The maximum atomic E-state index is 10.6. The number of fused-ring (bicyclic) bond motifs is 1. The highest BCUT2D eigenvalue weighted by Crippen LogP contribution is 2.42. The lowest BCUT2D eigenvalue weighted by Crippen LogP contribution is -2.21. The second-order valence-corrected chi connectivity index (χ2v) is 6.02. The first-order chi connectivity index (χ1) is 12.3. The first kappa shape index (κ1) is 17.8. The molecule has 2 aromatic heterocycles. The van der Waals surface area contributed by atoms with E-state index in [2.05, 4.69) is 33.9 Å². The number of anilines is 1. The Balaban J connectivity index is 0.000000242. The Morgan fingerprint density at radius 2 is 1.81 bits per heavy atom. The number of halogens is 3. The monoisotopic (exact) mass is 363 g/mol. The molecular formula is C18H16F3N3O2. The molecule has 0 radical (unpaired) electrons. The Hall–Kier alpha value is -3.03. The third-order valence-corrected chi connectivity index (χ3v) is 3.99. The highest BCUT2D eigenvalue weighted by atomic mass is 19.4. The van der Waals surface area contributed by atoms with Gasteiger partial charge in [-0.2, -0.15) is 13.2 Å². The smallest absolute Gasteiger partial charge is 0.475 e. The molecule has 1 aliphatic carbocycles. The molecule has 2 heterocycles. The fourth-order valence-corrected chi connectivity index (χ4v) is 2.55. The molecule has 3 N–H and O–H groups in total. The van der Waals surface area contributed by atoms with Crippen LogP contribution in [0.3, 0.4) is 0 Å². The van der Waals surface area contributed by atoms with E-state index in [9.17, 15) is 13.2 Å². The fraction of sp³-hybridized carbons (Fsp3) is 0.222. The summed E-state index contributed by atoms with van der Waals surface area (Å²) in [4.78, 5) is 13.5. The molecule has 0 bridgehead atoms. The van der Waals surface area contributed by atoms with Crippen molar-refractivity contribution in [3.8, 4) is 11.3 Å². The maximum absolute atomic E-state index is 10.6. The lowest BCUT2D eigenvalue weighted by molar-refractivity contribution is -0.192. The predicted molar refractivity (Wildman–Crippen MR) is 90.7 cm³/mol. The van der Waals surface area contributed by atoms with Crippen LogP contribution in [0.15, 0.2) is 48.8 Å². The highest BCUT2D eigenvalue weighted by Gasteiger charge is 2.38. The van der Waals surface area contributed by atoms with Gasteiger partial charge in [-0.1, -0.05) is 30.3 Å². The Morgan fingerprint density at radius 3 is 2.35 bits per heavy atom. The van der Waals surface area contributed by atoms with Gasteiger partial charge in [-0.25, -0.2) is 9.78 Å². The van der Waals surface area contributed by atoms with E-state index in [0.29, 0.717) is 5.92 Å². The number of nitrogens with two attached hydrogens (primary N) is 1. The zero-order chi connectivity index (χ0) is 18.9. The number of imidazole rings is 1. The number of hydrogen-bond donors (Lipinski definition) is 2. The molecule has 3 aromatic rings. The van der Waals surface area contributed by atoms with Crippen molar-refractivity contribution in [2.75, 3.05) is 5.73 Å². The van der Waals surface area contributed by atoms with Gasteiger partial charge in [-0.05, 0) is 24.3 Å². The average Bonchev–Trinajstić information content (AvgIpc) is 3.34. The summed E-state index contributed by atoms with van der Waals surface area (Å²) in [6, 6.07) is 12.2. The summed E-state index contributed by atoms with van der Waals surface area (Å²) in [6.45, 7) is 0. The Morgan fingerprint density at radius 1 is 1.19 bits per heavy atom. The van der Waals surface area contributed by atoms with Crippen molar-refractivity contribution in [3.05, 3.63) is 54.4 Å². The standard InChI is InChI=1S/C16H15N3.C2HF3O2/c17-14-8-16-18-15(12-4-2-1-3-5-12)10-19(16)9-13(14)11-6-7-11;3-2(4,5)1(6)7/h1-5,8-11H,6-7,17H2;(H,6,7). The van der Waals surface area contributed by atoms with Gasteiger partial charge in [0.25, 0.3) is 0 Å². The summed E-state index contributed by atoms with van der Waals surface area (Å²) in [7, 11) is 0. The largest absolute Gasteiger partial charge is 0.490 e. The molecule has 1 aromatic carbocycles. The van der Waals surface area contributed by atoms with Crippen molar-refractivity contribution < 1.29 is 23.1 Å². The lowest BCUT2D eigenvalue weighted by Gasteiger charge is -2.04. The number of carboxylic acid groups (broad SMARTS) is 1. The average molecular weight is 363 g/mol. The summed E-state index contributed by atoms with van der Waals surface area (Å²) in [5.41, 5.74) is 11.3. The topological polar surface area (TPSA) is 80.6 Å². The van der Waals surface area contributed by atoms with E-state index < -0.39 is 12.1 Å². The molecule has 4 rings (SSSR count). The van der Waals surface area contributed by atoms with Crippen molar-refractivity contribution in [1.29, 1.82) is 0 Å². The summed E-state index contributed by atoms with van der Waals surface area (Å²) < 4.78 is 33.8. The van der Waals surface area contributed by atoms with Crippen LogP contribution in [0, 0.1) is 0 Å². The van der Waals surface area contributed by atoms with Crippen LogP contribution in [0.4, 0.5) is 18.9 Å². The minimum Gasteiger partial charge on any atom is -0.475 e. The second-order valence-electron chi connectivity index (χ2n) is 6.02. The number of benzene rings is 1. The minimum atomic E-state index is -5.08. The van der Waals surface area contributed by atoms with Crippen molar-refractivity contribution in [2.24, 2.45) is 0 Å². The van der Waals surface area contributed by atoms with Crippen molar-refractivity contribution in [1.82, 2.24) is 9.38 Å². The van der Waals surface area contributed by atoms with Gasteiger partial charge in [-0.3, -0.25) is 0 Å².